The monoisotopic (exact) mass is 318 g/mol. The zero-order valence-electron chi connectivity index (χ0n) is 13.4. The van der Waals surface area contributed by atoms with Crippen molar-refractivity contribution in [2.45, 2.75) is 13.8 Å². The normalized spacial score (nSPS) is 19.5. The Labute approximate surface area is 139 Å². The van der Waals surface area contributed by atoms with Crippen LogP contribution in [0.15, 0.2) is 76.1 Å². The lowest BCUT2D eigenvalue weighted by Crippen LogP contribution is -2.44. The molecule has 7 nitrogen and oxygen atoms in total. The lowest BCUT2D eigenvalue weighted by atomic mass is 10.2. The lowest BCUT2D eigenvalue weighted by molar-refractivity contribution is 0.159. The van der Waals surface area contributed by atoms with Crippen molar-refractivity contribution in [1.82, 2.24) is 19.9 Å². The number of hydrogen-bond acceptors (Lipinski definition) is 5. The molecule has 1 aliphatic heterocycles. The predicted molar refractivity (Wildman–Crippen MR) is 91.0 cm³/mol. The van der Waals surface area contributed by atoms with Gasteiger partial charge in [0.15, 0.2) is 0 Å². The molecule has 2 heterocycles. The smallest absolute Gasteiger partial charge is 0.103 e. The minimum Gasteiger partial charge on any atom is -0.103 e. The number of rotatable bonds is 3. The van der Waals surface area contributed by atoms with Gasteiger partial charge in [-0.05, 0) is 13.8 Å². The average Bonchev–Trinajstić information content (AvgIpc) is 3.22. The molecular formula is C17H16N7+. The molecule has 1 aliphatic rings. The molecule has 0 saturated carbocycles. The number of quaternary nitrogens is 1. The van der Waals surface area contributed by atoms with E-state index in [0.29, 0.717) is 5.84 Å². The van der Waals surface area contributed by atoms with Gasteiger partial charge in [0.25, 0.3) is 0 Å². The largest absolute Gasteiger partial charge is 0.248 e. The van der Waals surface area contributed by atoms with Crippen LogP contribution in [0.3, 0.4) is 0 Å². The number of aryl methyl sites for hydroxylation is 2. The summed E-state index contributed by atoms with van der Waals surface area (Å²) >= 11 is 0. The highest BCUT2D eigenvalue weighted by Crippen LogP contribution is 2.30. The van der Waals surface area contributed by atoms with Crippen molar-refractivity contribution >= 4 is 11.5 Å². The van der Waals surface area contributed by atoms with Crippen LogP contribution in [-0.2, 0) is 0 Å². The summed E-state index contributed by atoms with van der Waals surface area (Å²) in [6, 6.07) is 19.4. The van der Waals surface area contributed by atoms with Crippen molar-refractivity contribution in [1.29, 1.82) is 0 Å². The van der Waals surface area contributed by atoms with E-state index >= 15 is 0 Å². The van der Waals surface area contributed by atoms with Crippen LogP contribution in [0.1, 0.15) is 17.0 Å². The molecule has 1 atom stereocenters. The van der Waals surface area contributed by atoms with Crippen molar-refractivity contribution in [3.05, 3.63) is 77.6 Å². The second-order valence-corrected chi connectivity index (χ2v) is 5.52. The number of nitrogens with zero attached hydrogens (tertiary/aromatic N) is 7. The second-order valence-electron chi connectivity index (χ2n) is 5.52. The van der Waals surface area contributed by atoms with Crippen LogP contribution < -0.4 is 4.81 Å². The molecule has 0 aliphatic carbocycles. The first kappa shape index (κ1) is 14.4. The number of hydrogen-bond donors (Lipinski definition) is 0. The summed E-state index contributed by atoms with van der Waals surface area (Å²) in [5.41, 5.74) is 3.38. The van der Waals surface area contributed by atoms with Crippen LogP contribution in [0.2, 0.25) is 0 Å². The molecule has 7 heteroatoms. The second kappa shape index (κ2) is 5.47. The Balaban J connectivity index is 1.91. The Hall–Kier alpha value is -3.19. The van der Waals surface area contributed by atoms with Gasteiger partial charge in [-0.1, -0.05) is 53.6 Å². The highest BCUT2D eigenvalue weighted by Gasteiger charge is 2.43. The summed E-state index contributed by atoms with van der Waals surface area (Å²) in [6.07, 6.45) is 0. The third-order valence-corrected chi connectivity index (χ3v) is 3.88. The van der Waals surface area contributed by atoms with E-state index in [2.05, 4.69) is 20.5 Å². The van der Waals surface area contributed by atoms with Gasteiger partial charge >= 0.3 is 0 Å². The first-order chi connectivity index (χ1) is 11.7. The summed E-state index contributed by atoms with van der Waals surface area (Å²) in [4.78, 5) is 1.21. The highest BCUT2D eigenvalue weighted by atomic mass is 16.1. The molecule has 0 amide bonds. The third kappa shape index (κ3) is 2.22. The molecule has 3 aromatic rings. The van der Waals surface area contributed by atoms with Crippen molar-refractivity contribution < 1.29 is 0 Å². The van der Waals surface area contributed by atoms with E-state index in [0.717, 1.165) is 22.6 Å². The molecule has 118 valence electrons. The SMILES string of the molecule is Cc1nn([N+]2(c3ccccc3)N=NC(c3ccccc3)=N2)nc1C. The predicted octanol–water partition coefficient (Wildman–Crippen LogP) is 3.41. The Morgan fingerprint density at radius 2 is 1.38 bits per heavy atom. The van der Waals surface area contributed by atoms with E-state index in [1.807, 2.05) is 74.5 Å². The number of benzene rings is 2. The Morgan fingerprint density at radius 3 is 2.00 bits per heavy atom. The topological polar surface area (TPSA) is 67.8 Å². The van der Waals surface area contributed by atoms with E-state index in [9.17, 15) is 0 Å². The molecule has 1 unspecified atom stereocenters. The summed E-state index contributed by atoms with van der Waals surface area (Å²) in [5.74, 6) is 0.548. The average molecular weight is 318 g/mol. The van der Waals surface area contributed by atoms with Gasteiger partial charge in [0.1, 0.15) is 4.81 Å². The van der Waals surface area contributed by atoms with Gasteiger partial charge in [0.2, 0.25) is 11.5 Å². The fraction of sp³-hybridized carbons (Fsp3) is 0.118. The molecular weight excluding hydrogens is 302 g/mol. The lowest BCUT2D eigenvalue weighted by Gasteiger charge is -2.16. The van der Waals surface area contributed by atoms with Crippen LogP contribution in [0.5, 0.6) is 0 Å². The molecule has 0 fully saturated rings. The molecule has 0 bridgehead atoms. The van der Waals surface area contributed by atoms with Crippen molar-refractivity contribution in [2.75, 3.05) is 0 Å². The Bertz CT molecular complexity index is 909. The van der Waals surface area contributed by atoms with Crippen molar-refractivity contribution in [3.63, 3.8) is 0 Å². The van der Waals surface area contributed by atoms with Crippen LogP contribution in [0.25, 0.3) is 0 Å². The quantitative estimate of drug-likeness (QED) is 0.694. The van der Waals surface area contributed by atoms with Gasteiger partial charge in [-0.15, -0.1) is 10.2 Å². The molecule has 24 heavy (non-hydrogen) atoms. The van der Waals surface area contributed by atoms with Crippen LogP contribution in [-0.4, -0.2) is 20.9 Å². The molecule has 0 spiro atoms. The molecule has 4 rings (SSSR count). The Morgan fingerprint density at radius 1 is 0.792 bits per heavy atom. The van der Waals surface area contributed by atoms with E-state index in [1.54, 1.807) is 0 Å². The van der Waals surface area contributed by atoms with Gasteiger partial charge in [-0.2, -0.15) is 0 Å². The number of aromatic nitrogens is 3. The van der Waals surface area contributed by atoms with E-state index in [-0.39, 0.29) is 4.81 Å². The standard InChI is InChI=1S/C17H16N7/c1-13-14(2)20-23(19-13)24(16-11-7-4-8-12-16)21-17(18-22-24)15-9-5-3-6-10-15/h3-12H,1-2H3/q+1. The molecule has 0 saturated heterocycles. The van der Waals surface area contributed by atoms with Crippen LogP contribution >= 0.6 is 0 Å². The summed E-state index contributed by atoms with van der Waals surface area (Å²) < 4.78 is 0. The fourth-order valence-electron chi connectivity index (χ4n) is 2.46. The van der Waals surface area contributed by atoms with Crippen molar-refractivity contribution in [3.8, 4) is 0 Å². The summed E-state index contributed by atoms with van der Waals surface area (Å²) in [7, 11) is 0. The maximum atomic E-state index is 4.74. The van der Waals surface area contributed by atoms with E-state index in [1.165, 1.54) is 4.91 Å². The zero-order chi connectivity index (χ0) is 16.6. The van der Waals surface area contributed by atoms with Gasteiger partial charge in [0.05, 0.1) is 16.6 Å². The maximum absolute atomic E-state index is 4.74. The summed E-state index contributed by atoms with van der Waals surface area (Å²) in [5, 5.41) is 22.4. The zero-order valence-corrected chi connectivity index (χ0v) is 13.4. The minimum absolute atomic E-state index is 0.278. The molecule has 0 radical (unpaired) electrons. The van der Waals surface area contributed by atoms with Gasteiger partial charge < -0.3 is 0 Å². The maximum Gasteiger partial charge on any atom is 0.248 e. The number of amidine groups is 1. The van der Waals surface area contributed by atoms with E-state index < -0.39 is 0 Å². The van der Waals surface area contributed by atoms with Crippen molar-refractivity contribution in [2.24, 2.45) is 15.4 Å². The van der Waals surface area contributed by atoms with Gasteiger partial charge in [-0.25, -0.2) is 0 Å². The highest BCUT2D eigenvalue weighted by molar-refractivity contribution is 6.00. The van der Waals surface area contributed by atoms with Crippen LogP contribution in [0, 0.1) is 13.8 Å². The third-order valence-electron chi connectivity index (χ3n) is 3.88. The minimum atomic E-state index is -0.278. The van der Waals surface area contributed by atoms with E-state index in [4.69, 9.17) is 5.10 Å². The molecule has 2 aromatic carbocycles. The summed E-state index contributed by atoms with van der Waals surface area (Å²) in [6.45, 7) is 3.82. The first-order valence-electron chi connectivity index (χ1n) is 7.64. The van der Waals surface area contributed by atoms with Gasteiger partial charge in [0, 0.05) is 27.7 Å². The Kier molecular flexibility index (Phi) is 3.28. The fourth-order valence-corrected chi connectivity index (χ4v) is 2.46. The molecule has 0 N–H and O–H groups in total. The van der Waals surface area contributed by atoms with Crippen LogP contribution in [0.4, 0.5) is 5.69 Å². The first-order valence-corrected chi connectivity index (χ1v) is 7.64. The molecule has 1 aromatic heterocycles. The van der Waals surface area contributed by atoms with Gasteiger partial charge in [-0.3, -0.25) is 0 Å².